The number of halogens is 1. The molecule has 1 aliphatic heterocycles. The summed E-state index contributed by atoms with van der Waals surface area (Å²) in [5.41, 5.74) is 0.687. The van der Waals surface area contributed by atoms with Crippen molar-refractivity contribution in [1.82, 2.24) is 5.32 Å². The van der Waals surface area contributed by atoms with Crippen LogP contribution in [-0.2, 0) is 9.53 Å². The highest BCUT2D eigenvalue weighted by molar-refractivity contribution is 9.10. The molecule has 0 aromatic heterocycles. The Morgan fingerprint density at radius 3 is 2.96 bits per heavy atom. The number of ether oxygens (including phenoxy) is 3. The standard InChI is InChI=1S/C18H21BrN2O4/c1-3-24-17-15(19)8-12(9-16(17)23-2)7-13(10-20)18(22)21-11-14-5-4-6-25-14/h7-9,14H,3-6,11H2,1-2H3,(H,21,22)/b13-7+. The normalized spacial score (nSPS) is 17.0. The highest BCUT2D eigenvalue weighted by Crippen LogP contribution is 2.37. The SMILES string of the molecule is CCOc1c(Br)cc(/C=C(\C#N)C(=O)NCC2CCCO2)cc1OC. The maximum Gasteiger partial charge on any atom is 0.262 e. The highest BCUT2D eigenvalue weighted by Gasteiger charge is 2.18. The van der Waals surface area contributed by atoms with E-state index in [0.717, 1.165) is 19.4 Å². The molecule has 1 aromatic rings. The predicted octanol–water partition coefficient (Wildman–Crippen LogP) is 3.06. The number of benzene rings is 1. The fourth-order valence-electron chi connectivity index (χ4n) is 2.53. The van der Waals surface area contributed by atoms with E-state index < -0.39 is 5.91 Å². The number of nitrogens with zero attached hydrogens (tertiary/aromatic N) is 1. The van der Waals surface area contributed by atoms with E-state index in [0.29, 0.717) is 34.7 Å². The van der Waals surface area contributed by atoms with Crippen LogP contribution in [-0.4, -0.2) is 38.9 Å². The second-order valence-corrected chi connectivity index (χ2v) is 6.34. The minimum atomic E-state index is -0.415. The van der Waals surface area contributed by atoms with Crippen LogP contribution in [0.25, 0.3) is 6.08 Å². The Hall–Kier alpha value is -2.04. The van der Waals surface area contributed by atoms with Gasteiger partial charge in [0.05, 0.1) is 24.3 Å². The molecule has 0 spiro atoms. The third-order valence-corrected chi connectivity index (χ3v) is 4.32. The molecule has 1 aliphatic rings. The van der Waals surface area contributed by atoms with Crippen LogP contribution in [0.15, 0.2) is 22.2 Å². The molecule has 0 aliphatic carbocycles. The van der Waals surface area contributed by atoms with Gasteiger partial charge >= 0.3 is 0 Å². The maximum atomic E-state index is 12.2. The number of carbonyl (C=O) groups is 1. The molecule has 1 heterocycles. The van der Waals surface area contributed by atoms with Crippen molar-refractivity contribution < 1.29 is 19.0 Å². The molecule has 1 saturated heterocycles. The van der Waals surface area contributed by atoms with Crippen molar-refractivity contribution in [2.24, 2.45) is 0 Å². The number of nitriles is 1. The van der Waals surface area contributed by atoms with Crippen molar-refractivity contribution in [3.63, 3.8) is 0 Å². The summed E-state index contributed by atoms with van der Waals surface area (Å²) in [5.74, 6) is 0.699. The van der Waals surface area contributed by atoms with Crippen molar-refractivity contribution in [2.75, 3.05) is 26.9 Å². The molecule has 0 radical (unpaired) electrons. The number of amides is 1. The van der Waals surface area contributed by atoms with E-state index in [1.54, 1.807) is 12.1 Å². The first kappa shape index (κ1) is 19.3. The first-order valence-corrected chi connectivity index (χ1v) is 8.90. The Morgan fingerprint density at radius 1 is 1.56 bits per heavy atom. The zero-order valence-electron chi connectivity index (χ0n) is 14.3. The van der Waals surface area contributed by atoms with Gasteiger partial charge in [0.2, 0.25) is 0 Å². The second-order valence-electron chi connectivity index (χ2n) is 5.48. The molecule has 134 valence electrons. The van der Waals surface area contributed by atoms with Gasteiger partial charge in [0, 0.05) is 13.2 Å². The fourth-order valence-corrected chi connectivity index (χ4v) is 3.10. The minimum absolute atomic E-state index is 0.0242. The van der Waals surface area contributed by atoms with E-state index in [4.69, 9.17) is 14.2 Å². The molecule has 25 heavy (non-hydrogen) atoms. The first-order chi connectivity index (χ1) is 12.1. The Labute approximate surface area is 155 Å². The third kappa shape index (κ3) is 5.21. The summed E-state index contributed by atoms with van der Waals surface area (Å²) in [6.07, 6.45) is 3.48. The summed E-state index contributed by atoms with van der Waals surface area (Å²) < 4.78 is 17.0. The number of hydrogen-bond donors (Lipinski definition) is 1. The molecule has 0 saturated carbocycles. The number of carbonyl (C=O) groups excluding carboxylic acids is 1. The summed E-state index contributed by atoms with van der Waals surface area (Å²) >= 11 is 3.43. The Bertz CT molecular complexity index is 691. The van der Waals surface area contributed by atoms with Crippen molar-refractivity contribution in [2.45, 2.75) is 25.9 Å². The Morgan fingerprint density at radius 2 is 2.36 bits per heavy atom. The number of methoxy groups -OCH3 is 1. The van der Waals surface area contributed by atoms with E-state index in [1.807, 2.05) is 13.0 Å². The molecule has 1 amide bonds. The average molecular weight is 409 g/mol. The van der Waals surface area contributed by atoms with Gasteiger partial charge in [0.25, 0.3) is 5.91 Å². The van der Waals surface area contributed by atoms with Gasteiger partial charge in [-0.1, -0.05) is 0 Å². The van der Waals surface area contributed by atoms with Crippen LogP contribution in [0, 0.1) is 11.3 Å². The Kier molecular flexibility index (Phi) is 7.29. The van der Waals surface area contributed by atoms with Crippen molar-refractivity contribution >= 4 is 27.9 Å². The van der Waals surface area contributed by atoms with Gasteiger partial charge in [0.1, 0.15) is 11.6 Å². The Balaban J connectivity index is 2.16. The minimum Gasteiger partial charge on any atom is -0.493 e. The second kappa shape index (κ2) is 9.44. The lowest BCUT2D eigenvalue weighted by Crippen LogP contribution is -2.32. The largest absolute Gasteiger partial charge is 0.493 e. The summed E-state index contributed by atoms with van der Waals surface area (Å²) in [6.45, 7) is 3.51. The topological polar surface area (TPSA) is 80.6 Å². The van der Waals surface area contributed by atoms with E-state index in [9.17, 15) is 10.1 Å². The van der Waals surface area contributed by atoms with Crippen molar-refractivity contribution in [1.29, 1.82) is 5.26 Å². The highest BCUT2D eigenvalue weighted by atomic mass is 79.9. The molecule has 1 aromatic carbocycles. The molecule has 6 nitrogen and oxygen atoms in total. The lowest BCUT2D eigenvalue weighted by Gasteiger charge is -2.13. The molecule has 1 fully saturated rings. The van der Waals surface area contributed by atoms with Crippen molar-refractivity contribution in [3.8, 4) is 17.6 Å². The van der Waals surface area contributed by atoms with Crippen LogP contribution in [0.5, 0.6) is 11.5 Å². The van der Waals surface area contributed by atoms with Gasteiger partial charge in [0.15, 0.2) is 11.5 Å². The smallest absolute Gasteiger partial charge is 0.262 e. The number of hydrogen-bond acceptors (Lipinski definition) is 5. The van der Waals surface area contributed by atoms with Crippen LogP contribution in [0.2, 0.25) is 0 Å². The quantitative estimate of drug-likeness (QED) is 0.553. The van der Waals surface area contributed by atoms with Crippen molar-refractivity contribution in [3.05, 3.63) is 27.7 Å². The van der Waals surface area contributed by atoms with Crippen LogP contribution in [0.4, 0.5) is 0 Å². The zero-order chi connectivity index (χ0) is 18.2. The molecule has 1 N–H and O–H groups in total. The molecule has 1 unspecified atom stereocenters. The monoisotopic (exact) mass is 408 g/mol. The summed E-state index contributed by atoms with van der Waals surface area (Å²) in [6, 6.07) is 5.44. The summed E-state index contributed by atoms with van der Waals surface area (Å²) in [5, 5.41) is 12.1. The van der Waals surface area contributed by atoms with Gasteiger partial charge in [-0.3, -0.25) is 4.79 Å². The average Bonchev–Trinajstić information content (AvgIpc) is 3.13. The maximum absolute atomic E-state index is 12.2. The van der Waals surface area contributed by atoms with E-state index >= 15 is 0 Å². The third-order valence-electron chi connectivity index (χ3n) is 3.73. The molecular weight excluding hydrogens is 388 g/mol. The van der Waals surface area contributed by atoms with Crippen LogP contribution >= 0.6 is 15.9 Å². The first-order valence-electron chi connectivity index (χ1n) is 8.11. The van der Waals surface area contributed by atoms with E-state index in [1.165, 1.54) is 13.2 Å². The number of nitrogens with one attached hydrogen (secondary N) is 1. The van der Waals surface area contributed by atoms with Crippen LogP contribution < -0.4 is 14.8 Å². The van der Waals surface area contributed by atoms with Gasteiger partial charge in [-0.25, -0.2) is 0 Å². The van der Waals surface area contributed by atoms with Gasteiger partial charge < -0.3 is 19.5 Å². The molecular formula is C18H21BrN2O4. The molecule has 0 bridgehead atoms. The van der Waals surface area contributed by atoms with Gasteiger partial charge in [-0.05, 0) is 59.5 Å². The lowest BCUT2D eigenvalue weighted by atomic mass is 10.1. The fraction of sp³-hybridized carbons (Fsp3) is 0.444. The molecule has 7 heteroatoms. The van der Waals surface area contributed by atoms with E-state index in [-0.39, 0.29) is 11.7 Å². The molecule has 1 atom stereocenters. The van der Waals surface area contributed by atoms with Gasteiger partial charge in [-0.15, -0.1) is 0 Å². The molecule has 2 rings (SSSR count). The lowest BCUT2D eigenvalue weighted by molar-refractivity contribution is -0.117. The van der Waals surface area contributed by atoms with Gasteiger partial charge in [-0.2, -0.15) is 5.26 Å². The predicted molar refractivity (Wildman–Crippen MR) is 97.4 cm³/mol. The summed E-state index contributed by atoms with van der Waals surface area (Å²) in [4.78, 5) is 12.2. The zero-order valence-corrected chi connectivity index (χ0v) is 15.9. The van der Waals surface area contributed by atoms with E-state index in [2.05, 4.69) is 21.2 Å². The summed E-state index contributed by atoms with van der Waals surface area (Å²) in [7, 11) is 1.54. The number of rotatable bonds is 7. The van der Waals surface area contributed by atoms with Crippen LogP contribution in [0.3, 0.4) is 0 Å². The van der Waals surface area contributed by atoms with Crippen LogP contribution in [0.1, 0.15) is 25.3 Å².